The molecule has 3 rings (SSSR count). The van der Waals surface area contributed by atoms with E-state index >= 15 is 0 Å². The molecule has 0 saturated heterocycles. The van der Waals surface area contributed by atoms with Crippen molar-refractivity contribution in [1.82, 2.24) is 5.32 Å². The predicted octanol–water partition coefficient (Wildman–Crippen LogP) is 6.42. The summed E-state index contributed by atoms with van der Waals surface area (Å²) in [7, 11) is 0. The van der Waals surface area contributed by atoms with E-state index in [-0.39, 0.29) is 0 Å². The van der Waals surface area contributed by atoms with Crippen LogP contribution >= 0.6 is 23.2 Å². The first-order valence-corrected chi connectivity index (χ1v) is 9.31. The number of hydrogen-bond donors (Lipinski definition) is 1. The molecule has 3 aromatic carbocycles. The van der Waals surface area contributed by atoms with Gasteiger partial charge in [-0.1, -0.05) is 71.7 Å². The molecule has 1 atom stereocenters. The Kier molecular flexibility index (Phi) is 6.56. The van der Waals surface area contributed by atoms with Gasteiger partial charge >= 0.3 is 0 Å². The van der Waals surface area contributed by atoms with Crippen LogP contribution in [0.25, 0.3) is 0 Å². The van der Waals surface area contributed by atoms with Gasteiger partial charge in [-0.3, -0.25) is 0 Å². The summed E-state index contributed by atoms with van der Waals surface area (Å²) in [5.41, 5.74) is 3.41. The largest absolute Gasteiger partial charge is 0.489 e. The highest BCUT2D eigenvalue weighted by Gasteiger charge is 2.05. The molecule has 0 aliphatic heterocycles. The number of ether oxygens (including phenoxy) is 1. The van der Waals surface area contributed by atoms with Crippen LogP contribution in [0.3, 0.4) is 0 Å². The van der Waals surface area contributed by atoms with Crippen LogP contribution in [0.2, 0.25) is 10.0 Å². The Morgan fingerprint density at radius 3 is 2.35 bits per heavy atom. The van der Waals surface area contributed by atoms with E-state index in [9.17, 15) is 0 Å². The summed E-state index contributed by atoms with van der Waals surface area (Å²) in [6.07, 6.45) is 0. The summed E-state index contributed by atoms with van der Waals surface area (Å²) < 4.78 is 5.81. The molecule has 134 valence electrons. The zero-order chi connectivity index (χ0) is 18.4. The average Bonchev–Trinajstić information content (AvgIpc) is 2.67. The van der Waals surface area contributed by atoms with Crippen LogP contribution in [-0.2, 0) is 13.2 Å². The number of rotatable bonds is 7. The minimum Gasteiger partial charge on any atom is -0.489 e. The Balaban J connectivity index is 1.52. The molecule has 0 bridgehead atoms. The Morgan fingerprint density at radius 1 is 0.923 bits per heavy atom. The second-order valence-electron chi connectivity index (χ2n) is 6.18. The van der Waals surface area contributed by atoms with Gasteiger partial charge in [-0.2, -0.15) is 0 Å². The molecule has 0 saturated carbocycles. The van der Waals surface area contributed by atoms with Crippen molar-refractivity contribution in [2.45, 2.75) is 26.1 Å². The molecule has 0 aliphatic carbocycles. The number of halogens is 2. The average molecular weight is 386 g/mol. The highest BCUT2D eigenvalue weighted by molar-refractivity contribution is 6.35. The van der Waals surface area contributed by atoms with E-state index in [1.807, 2.05) is 30.3 Å². The van der Waals surface area contributed by atoms with Crippen molar-refractivity contribution >= 4 is 23.2 Å². The molecule has 0 spiro atoms. The van der Waals surface area contributed by atoms with Crippen molar-refractivity contribution in [2.24, 2.45) is 0 Å². The van der Waals surface area contributed by atoms with E-state index in [1.54, 1.807) is 6.07 Å². The lowest BCUT2D eigenvalue weighted by molar-refractivity contribution is 0.306. The summed E-state index contributed by atoms with van der Waals surface area (Å²) in [6.45, 7) is 3.39. The maximum absolute atomic E-state index is 6.17. The molecule has 0 radical (unpaired) electrons. The molecule has 0 amide bonds. The normalized spacial score (nSPS) is 12.0. The highest BCUT2D eigenvalue weighted by atomic mass is 35.5. The van der Waals surface area contributed by atoms with Gasteiger partial charge in [-0.25, -0.2) is 0 Å². The second kappa shape index (κ2) is 9.09. The first-order valence-electron chi connectivity index (χ1n) is 8.56. The fraction of sp³-hybridized carbons (Fsp3) is 0.182. The van der Waals surface area contributed by atoms with Crippen LogP contribution in [0.1, 0.15) is 29.7 Å². The van der Waals surface area contributed by atoms with Gasteiger partial charge in [0, 0.05) is 28.2 Å². The van der Waals surface area contributed by atoms with Crippen molar-refractivity contribution in [1.29, 1.82) is 0 Å². The summed E-state index contributed by atoms with van der Waals surface area (Å²) >= 11 is 12.1. The van der Waals surface area contributed by atoms with Gasteiger partial charge in [0.15, 0.2) is 0 Å². The fourth-order valence-corrected chi connectivity index (χ4v) is 3.10. The number of hydrogen-bond acceptors (Lipinski definition) is 2. The van der Waals surface area contributed by atoms with Crippen molar-refractivity contribution < 1.29 is 4.74 Å². The monoisotopic (exact) mass is 385 g/mol. The molecule has 0 aliphatic rings. The maximum atomic E-state index is 6.17. The Bertz CT molecular complexity index is 835. The molecule has 3 aromatic rings. The van der Waals surface area contributed by atoms with E-state index in [0.717, 1.165) is 17.9 Å². The molecule has 0 heterocycles. The first kappa shape index (κ1) is 18.8. The van der Waals surface area contributed by atoms with Crippen molar-refractivity contribution in [2.75, 3.05) is 0 Å². The predicted molar refractivity (Wildman–Crippen MR) is 109 cm³/mol. The third kappa shape index (κ3) is 5.25. The lowest BCUT2D eigenvalue weighted by Gasteiger charge is -2.14. The topological polar surface area (TPSA) is 21.3 Å². The number of benzene rings is 3. The third-order valence-corrected chi connectivity index (χ3v) is 4.83. The second-order valence-corrected chi connectivity index (χ2v) is 7.03. The molecule has 4 heteroatoms. The van der Waals surface area contributed by atoms with Crippen LogP contribution in [0.15, 0.2) is 72.8 Å². The van der Waals surface area contributed by atoms with Crippen LogP contribution in [0.5, 0.6) is 5.75 Å². The van der Waals surface area contributed by atoms with Crippen LogP contribution in [0, 0.1) is 0 Å². The van der Waals surface area contributed by atoms with Gasteiger partial charge in [0.25, 0.3) is 0 Å². The van der Waals surface area contributed by atoms with Gasteiger partial charge in [0.2, 0.25) is 0 Å². The first-order chi connectivity index (χ1) is 12.6. The summed E-state index contributed by atoms with van der Waals surface area (Å²) in [5, 5.41) is 4.78. The van der Waals surface area contributed by atoms with E-state index in [4.69, 9.17) is 27.9 Å². The minimum atomic E-state index is 0.305. The standard InChI is InChI=1S/C22H21Cl2NO/c1-16(18-5-3-2-4-6-18)25-14-17-7-11-21(12-8-17)26-15-19-9-10-20(23)13-22(19)24/h2-13,16,25H,14-15H2,1H3/t16-/m0/s1. The molecule has 26 heavy (non-hydrogen) atoms. The molecule has 1 N–H and O–H groups in total. The van der Waals surface area contributed by atoms with Gasteiger partial charge < -0.3 is 10.1 Å². The molecular weight excluding hydrogens is 365 g/mol. The van der Waals surface area contributed by atoms with Gasteiger partial charge in [0.05, 0.1) is 0 Å². The third-order valence-electron chi connectivity index (χ3n) is 4.24. The summed E-state index contributed by atoms with van der Waals surface area (Å²) in [5.74, 6) is 0.816. The molecule has 2 nitrogen and oxygen atoms in total. The summed E-state index contributed by atoms with van der Waals surface area (Å²) in [4.78, 5) is 0. The summed E-state index contributed by atoms with van der Waals surface area (Å²) in [6, 6.07) is 24.3. The number of nitrogens with one attached hydrogen (secondary N) is 1. The van der Waals surface area contributed by atoms with Gasteiger partial charge in [-0.05, 0) is 42.3 Å². The van der Waals surface area contributed by atoms with E-state index < -0.39 is 0 Å². The SMILES string of the molecule is C[C@H](NCc1ccc(OCc2ccc(Cl)cc2Cl)cc1)c1ccccc1. The molecule has 0 unspecified atom stereocenters. The Labute approximate surface area is 164 Å². The van der Waals surface area contributed by atoms with Crippen molar-refractivity contribution in [3.63, 3.8) is 0 Å². The lowest BCUT2D eigenvalue weighted by Crippen LogP contribution is -2.17. The van der Waals surface area contributed by atoms with Gasteiger partial charge in [-0.15, -0.1) is 0 Å². The fourth-order valence-electron chi connectivity index (χ4n) is 2.63. The quantitative estimate of drug-likeness (QED) is 0.506. The molecule has 0 aromatic heterocycles. The maximum Gasteiger partial charge on any atom is 0.119 e. The van der Waals surface area contributed by atoms with Crippen LogP contribution in [0.4, 0.5) is 0 Å². The minimum absolute atomic E-state index is 0.305. The zero-order valence-electron chi connectivity index (χ0n) is 14.6. The smallest absolute Gasteiger partial charge is 0.119 e. The molecular formula is C22H21Cl2NO. The Hall–Kier alpha value is -2.00. The van der Waals surface area contributed by atoms with Crippen molar-refractivity contribution in [3.05, 3.63) is 99.5 Å². The highest BCUT2D eigenvalue weighted by Crippen LogP contribution is 2.23. The lowest BCUT2D eigenvalue weighted by atomic mass is 10.1. The molecule has 0 fully saturated rings. The van der Waals surface area contributed by atoms with Gasteiger partial charge in [0.1, 0.15) is 12.4 Å². The van der Waals surface area contributed by atoms with E-state index in [0.29, 0.717) is 22.7 Å². The van der Waals surface area contributed by atoms with Crippen molar-refractivity contribution in [3.8, 4) is 5.75 Å². The zero-order valence-corrected chi connectivity index (χ0v) is 16.1. The van der Waals surface area contributed by atoms with E-state index in [2.05, 4.69) is 48.6 Å². The van der Waals surface area contributed by atoms with Crippen LogP contribution in [-0.4, -0.2) is 0 Å². The van der Waals surface area contributed by atoms with Crippen LogP contribution < -0.4 is 10.1 Å². The Morgan fingerprint density at radius 2 is 1.65 bits per heavy atom. The van der Waals surface area contributed by atoms with E-state index in [1.165, 1.54) is 11.1 Å².